The van der Waals surface area contributed by atoms with E-state index >= 15 is 0 Å². The number of hydrogen-bond donors (Lipinski definition) is 2. The van der Waals surface area contributed by atoms with E-state index in [4.69, 9.17) is 5.11 Å². The quantitative estimate of drug-likeness (QED) is 0.573. The molecule has 0 unspecified atom stereocenters. The number of amides is 2. The molecule has 0 heterocycles. The third-order valence-electron chi connectivity index (χ3n) is 5.13. The summed E-state index contributed by atoms with van der Waals surface area (Å²) in [5.74, 6) is -1.40. The number of rotatable bonds is 10. The highest BCUT2D eigenvalue weighted by atomic mass is 16.4. The van der Waals surface area contributed by atoms with Gasteiger partial charge in [0.1, 0.15) is 0 Å². The fourth-order valence-electron chi connectivity index (χ4n) is 3.10. The molecule has 0 aromatic heterocycles. The van der Waals surface area contributed by atoms with Gasteiger partial charge in [-0.05, 0) is 39.8 Å². The SMILES string of the molecule is CCC(CC)(C(=O)NCC(=O)N(C)[C@H](/C=C(\C)C(=O)O)C(C)C)N(C)C. The zero-order valence-corrected chi connectivity index (χ0v) is 17.4. The second kappa shape index (κ2) is 10.3. The van der Waals surface area contributed by atoms with Crippen LogP contribution in [-0.4, -0.2) is 72.0 Å². The number of likely N-dealkylation sites (N-methyl/N-ethyl adjacent to an activating group) is 2. The fraction of sp³-hybridized carbons (Fsp3) is 0.737. The van der Waals surface area contributed by atoms with E-state index in [9.17, 15) is 14.4 Å². The average molecular weight is 370 g/mol. The fourth-order valence-corrected chi connectivity index (χ4v) is 3.10. The predicted molar refractivity (Wildman–Crippen MR) is 103 cm³/mol. The molecule has 26 heavy (non-hydrogen) atoms. The Morgan fingerprint density at radius 1 is 1.12 bits per heavy atom. The van der Waals surface area contributed by atoms with Crippen molar-refractivity contribution in [3.8, 4) is 0 Å². The van der Waals surface area contributed by atoms with Crippen LogP contribution >= 0.6 is 0 Å². The van der Waals surface area contributed by atoms with Gasteiger partial charge >= 0.3 is 5.97 Å². The van der Waals surface area contributed by atoms with Crippen LogP contribution in [0.25, 0.3) is 0 Å². The molecule has 0 fully saturated rings. The van der Waals surface area contributed by atoms with Crippen LogP contribution in [0.3, 0.4) is 0 Å². The Morgan fingerprint density at radius 2 is 1.62 bits per heavy atom. The number of carbonyl (C=O) groups excluding carboxylic acids is 2. The molecule has 0 bridgehead atoms. The maximum Gasteiger partial charge on any atom is 0.331 e. The minimum absolute atomic E-state index is 0.0427. The van der Waals surface area contributed by atoms with Crippen molar-refractivity contribution in [2.45, 2.75) is 59.0 Å². The van der Waals surface area contributed by atoms with Crippen molar-refractivity contribution in [3.63, 3.8) is 0 Å². The van der Waals surface area contributed by atoms with Gasteiger partial charge in [-0.3, -0.25) is 14.5 Å². The number of carboxylic acids is 1. The summed E-state index contributed by atoms with van der Waals surface area (Å²) >= 11 is 0. The minimum Gasteiger partial charge on any atom is -0.478 e. The van der Waals surface area contributed by atoms with E-state index in [1.807, 2.05) is 46.7 Å². The van der Waals surface area contributed by atoms with Crippen LogP contribution < -0.4 is 5.32 Å². The highest BCUT2D eigenvalue weighted by Gasteiger charge is 2.37. The van der Waals surface area contributed by atoms with Crippen LogP contribution in [0.5, 0.6) is 0 Å². The standard InChI is InChI=1S/C19H35N3O4/c1-9-19(10-2,21(6)7)18(26)20-12-16(23)22(8)15(13(3)4)11-14(5)17(24)25/h11,13,15H,9-10,12H2,1-8H3,(H,20,26)(H,24,25)/b14-11+/t15-/m1/s1. The van der Waals surface area contributed by atoms with Crippen molar-refractivity contribution in [1.29, 1.82) is 0 Å². The summed E-state index contributed by atoms with van der Waals surface area (Å²) in [6, 6.07) is -0.355. The molecule has 0 saturated heterocycles. The summed E-state index contributed by atoms with van der Waals surface area (Å²) < 4.78 is 0. The number of carboxylic acid groups (broad SMARTS) is 1. The first-order valence-corrected chi connectivity index (χ1v) is 9.07. The molecule has 2 amide bonds. The first kappa shape index (κ1) is 24.1. The van der Waals surface area contributed by atoms with Crippen molar-refractivity contribution in [1.82, 2.24) is 15.1 Å². The Kier molecular flexibility index (Phi) is 9.56. The molecule has 0 aromatic carbocycles. The van der Waals surface area contributed by atoms with E-state index < -0.39 is 11.5 Å². The normalized spacial score (nSPS) is 13.7. The topological polar surface area (TPSA) is 90.0 Å². The Bertz CT molecular complexity index is 537. The Labute approximate surface area is 157 Å². The minimum atomic E-state index is -1.01. The molecule has 0 aliphatic heterocycles. The van der Waals surface area contributed by atoms with Gasteiger partial charge in [0.15, 0.2) is 0 Å². The molecule has 0 spiro atoms. The molecule has 150 valence electrons. The second-order valence-electron chi connectivity index (χ2n) is 7.21. The molecule has 0 aromatic rings. The maximum absolute atomic E-state index is 12.7. The zero-order chi connectivity index (χ0) is 20.7. The lowest BCUT2D eigenvalue weighted by Gasteiger charge is -2.37. The highest BCUT2D eigenvalue weighted by Crippen LogP contribution is 2.21. The van der Waals surface area contributed by atoms with Gasteiger partial charge in [0.2, 0.25) is 11.8 Å². The first-order chi connectivity index (χ1) is 11.9. The third kappa shape index (κ3) is 5.83. The van der Waals surface area contributed by atoms with Crippen LogP contribution in [0.15, 0.2) is 11.6 Å². The number of nitrogens with zero attached hydrogens (tertiary/aromatic N) is 2. The van der Waals surface area contributed by atoms with Crippen LogP contribution in [0.2, 0.25) is 0 Å². The lowest BCUT2D eigenvalue weighted by Crippen LogP contribution is -2.57. The summed E-state index contributed by atoms with van der Waals surface area (Å²) in [6.45, 7) is 9.13. The Morgan fingerprint density at radius 3 is 1.96 bits per heavy atom. The molecule has 1 atom stereocenters. The third-order valence-corrected chi connectivity index (χ3v) is 5.13. The van der Waals surface area contributed by atoms with Gasteiger partial charge in [-0.2, -0.15) is 0 Å². The summed E-state index contributed by atoms with van der Waals surface area (Å²) in [7, 11) is 5.34. The predicted octanol–water partition coefficient (Wildman–Crippen LogP) is 1.74. The summed E-state index contributed by atoms with van der Waals surface area (Å²) in [5, 5.41) is 11.8. The van der Waals surface area contributed by atoms with Gasteiger partial charge < -0.3 is 15.3 Å². The smallest absolute Gasteiger partial charge is 0.331 e. The van der Waals surface area contributed by atoms with Crippen molar-refractivity contribution < 1.29 is 19.5 Å². The van der Waals surface area contributed by atoms with E-state index in [-0.39, 0.29) is 35.9 Å². The molecular weight excluding hydrogens is 334 g/mol. The molecule has 0 radical (unpaired) electrons. The molecular formula is C19H35N3O4. The monoisotopic (exact) mass is 369 g/mol. The summed E-state index contributed by atoms with van der Waals surface area (Å²) in [6.07, 6.45) is 2.86. The molecule has 7 nitrogen and oxygen atoms in total. The van der Waals surface area contributed by atoms with Gasteiger partial charge in [0, 0.05) is 12.6 Å². The summed E-state index contributed by atoms with van der Waals surface area (Å²) in [4.78, 5) is 39.6. The van der Waals surface area contributed by atoms with Crippen LogP contribution in [-0.2, 0) is 14.4 Å². The van der Waals surface area contributed by atoms with Gasteiger partial charge in [-0.15, -0.1) is 0 Å². The molecule has 0 aliphatic carbocycles. The largest absolute Gasteiger partial charge is 0.478 e. The van der Waals surface area contributed by atoms with Gasteiger partial charge in [0.25, 0.3) is 0 Å². The number of nitrogens with one attached hydrogen (secondary N) is 1. The van der Waals surface area contributed by atoms with E-state index in [0.717, 1.165) is 0 Å². The summed E-state index contributed by atoms with van der Waals surface area (Å²) in [5.41, 5.74) is -0.452. The Hall–Kier alpha value is -1.89. The molecule has 2 N–H and O–H groups in total. The first-order valence-electron chi connectivity index (χ1n) is 9.07. The van der Waals surface area contributed by atoms with Crippen molar-refractivity contribution in [2.75, 3.05) is 27.7 Å². The van der Waals surface area contributed by atoms with E-state index in [0.29, 0.717) is 12.8 Å². The number of aliphatic carboxylic acids is 1. The van der Waals surface area contributed by atoms with Crippen LogP contribution in [0.4, 0.5) is 0 Å². The van der Waals surface area contributed by atoms with Crippen molar-refractivity contribution >= 4 is 17.8 Å². The molecule has 0 saturated carbocycles. The lowest BCUT2D eigenvalue weighted by molar-refractivity contribution is -0.137. The molecule has 0 aliphatic rings. The van der Waals surface area contributed by atoms with Crippen LogP contribution in [0, 0.1) is 5.92 Å². The second-order valence-corrected chi connectivity index (χ2v) is 7.21. The van der Waals surface area contributed by atoms with E-state index in [1.165, 1.54) is 11.8 Å². The average Bonchev–Trinajstić information content (AvgIpc) is 2.57. The van der Waals surface area contributed by atoms with Crippen molar-refractivity contribution in [2.24, 2.45) is 5.92 Å². The molecule has 0 rings (SSSR count). The van der Waals surface area contributed by atoms with E-state index in [2.05, 4.69) is 5.32 Å². The van der Waals surface area contributed by atoms with Crippen molar-refractivity contribution in [3.05, 3.63) is 11.6 Å². The maximum atomic E-state index is 12.7. The van der Waals surface area contributed by atoms with Crippen LogP contribution in [0.1, 0.15) is 47.5 Å². The van der Waals surface area contributed by atoms with Gasteiger partial charge in [-0.1, -0.05) is 33.8 Å². The number of carbonyl (C=O) groups is 3. The lowest BCUT2D eigenvalue weighted by atomic mass is 9.90. The van der Waals surface area contributed by atoms with Gasteiger partial charge in [-0.25, -0.2) is 4.79 Å². The zero-order valence-electron chi connectivity index (χ0n) is 17.4. The Balaban J connectivity index is 5.17. The number of hydrogen-bond acceptors (Lipinski definition) is 4. The van der Waals surface area contributed by atoms with Gasteiger partial charge in [0.05, 0.1) is 18.1 Å². The molecule has 7 heteroatoms. The van der Waals surface area contributed by atoms with E-state index in [1.54, 1.807) is 13.1 Å². The highest BCUT2D eigenvalue weighted by molar-refractivity contribution is 5.90.